The van der Waals surface area contributed by atoms with E-state index in [1.54, 1.807) is 26.2 Å². The molecule has 0 aliphatic carbocycles. The summed E-state index contributed by atoms with van der Waals surface area (Å²) in [7, 11) is 1.56. The number of carbonyl (C=O) groups is 2. The number of ether oxygens (including phenoxy) is 2. The van der Waals surface area contributed by atoms with E-state index in [2.05, 4.69) is 10.6 Å². The number of benzene rings is 2. The van der Waals surface area contributed by atoms with Crippen LogP contribution in [0.25, 0.3) is 0 Å². The second-order valence-corrected chi connectivity index (χ2v) is 6.43. The van der Waals surface area contributed by atoms with Gasteiger partial charge in [-0.3, -0.25) is 9.59 Å². The Hall–Kier alpha value is -3.07. The summed E-state index contributed by atoms with van der Waals surface area (Å²) in [5.41, 5.74) is 0.136. The van der Waals surface area contributed by atoms with E-state index in [-0.39, 0.29) is 31.2 Å². The molecule has 0 unspecified atom stereocenters. The van der Waals surface area contributed by atoms with Crippen LogP contribution in [0.1, 0.15) is 28.4 Å². The van der Waals surface area contributed by atoms with Crippen LogP contribution in [0, 0.1) is 0 Å². The van der Waals surface area contributed by atoms with Gasteiger partial charge in [0.25, 0.3) is 5.91 Å². The second-order valence-electron chi connectivity index (χ2n) is 6.43. The smallest absolute Gasteiger partial charge is 0.416 e. The van der Waals surface area contributed by atoms with Crippen LogP contribution in [0.2, 0.25) is 0 Å². The molecular formula is C21H23F3N2O4. The van der Waals surface area contributed by atoms with Gasteiger partial charge in [0.05, 0.1) is 19.3 Å². The maximum atomic E-state index is 12.5. The molecule has 0 saturated carbocycles. The largest absolute Gasteiger partial charge is 0.497 e. The molecule has 2 amide bonds. The van der Waals surface area contributed by atoms with Crippen molar-refractivity contribution in [3.05, 3.63) is 65.2 Å². The van der Waals surface area contributed by atoms with Gasteiger partial charge in [-0.1, -0.05) is 12.1 Å². The summed E-state index contributed by atoms with van der Waals surface area (Å²) in [6, 6.07) is 11.2. The molecule has 1 atom stereocenters. The van der Waals surface area contributed by atoms with Crippen LogP contribution in [-0.4, -0.2) is 38.1 Å². The average molecular weight is 424 g/mol. The van der Waals surface area contributed by atoms with E-state index >= 15 is 0 Å². The number of hydrogen-bond donors (Lipinski definition) is 2. The second kappa shape index (κ2) is 10.6. The molecule has 9 heteroatoms. The fourth-order valence-electron chi connectivity index (χ4n) is 2.48. The Labute approximate surface area is 172 Å². The molecule has 162 valence electrons. The van der Waals surface area contributed by atoms with Gasteiger partial charge in [-0.25, -0.2) is 0 Å². The van der Waals surface area contributed by atoms with Gasteiger partial charge in [0, 0.05) is 18.7 Å². The Morgan fingerprint density at radius 3 is 2.33 bits per heavy atom. The number of rotatable bonds is 9. The molecule has 0 heterocycles. The topological polar surface area (TPSA) is 76.7 Å². The molecule has 0 fully saturated rings. The van der Waals surface area contributed by atoms with Gasteiger partial charge in [0.15, 0.2) is 0 Å². The summed E-state index contributed by atoms with van der Waals surface area (Å²) in [4.78, 5) is 24.0. The minimum atomic E-state index is -4.45. The summed E-state index contributed by atoms with van der Waals surface area (Å²) in [6.45, 7) is 2.11. The zero-order valence-electron chi connectivity index (χ0n) is 16.6. The van der Waals surface area contributed by atoms with E-state index in [1.165, 1.54) is 0 Å². The molecule has 0 aliphatic rings. The Morgan fingerprint density at radius 2 is 1.70 bits per heavy atom. The minimum absolute atomic E-state index is 0.101. The zero-order valence-corrected chi connectivity index (χ0v) is 16.6. The number of carbonyl (C=O) groups excluding carboxylic acids is 2. The first-order chi connectivity index (χ1) is 14.2. The molecule has 2 aromatic carbocycles. The first kappa shape index (κ1) is 23.2. The van der Waals surface area contributed by atoms with E-state index in [9.17, 15) is 22.8 Å². The maximum Gasteiger partial charge on any atom is 0.416 e. The summed E-state index contributed by atoms with van der Waals surface area (Å²) >= 11 is 0. The van der Waals surface area contributed by atoms with Crippen molar-refractivity contribution in [1.82, 2.24) is 10.6 Å². The van der Waals surface area contributed by atoms with Crippen molar-refractivity contribution in [2.24, 2.45) is 0 Å². The van der Waals surface area contributed by atoms with Crippen molar-refractivity contribution in [2.75, 3.05) is 20.2 Å². The average Bonchev–Trinajstić information content (AvgIpc) is 2.74. The SMILES string of the molecule is COc1cccc(CO[C@H](C)C(=O)NCCNC(=O)c2ccc(C(F)(F)F)cc2)c1. The van der Waals surface area contributed by atoms with Crippen molar-refractivity contribution in [3.63, 3.8) is 0 Å². The monoisotopic (exact) mass is 424 g/mol. The van der Waals surface area contributed by atoms with Crippen molar-refractivity contribution in [1.29, 1.82) is 0 Å². The summed E-state index contributed by atoms with van der Waals surface area (Å²) in [5, 5.41) is 5.16. The van der Waals surface area contributed by atoms with E-state index in [4.69, 9.17) is 9.47 Å². The van der Waals surface area contributed by atoms with Gasteiger partial charge < -0.3 is 20.1 Å². The first-order valence-corrected chi connectivity index (χ1v) is 9.18. The number of methoxy groups -OCH3 is 1. The fourth-order valence-corrected chi connectivity index (χ4v) is 2.48. The summed E-state index contributed by atoms with van der Waals surface area (Å²) in [6.07, 6.45) is -5.16. The van der Waals surface area contributed by atoms with Crippen LogP contribution in [0.3, 0.4) is 0 Å². The van der Waals surface area contributed by atoms with Crippen molar-refractivity contribution in [2.45, 2.75) is 25.8 Å². The molecule has 2 rings (SSSR count). The summed E-state index contributed by atoms with van der Waals surface area (Å²) in [5.74, 6) is -0.182. The van der Waals surface area contributed by atoms with Crippen LogP contribution in [-0.2, 0) is 22.3 Å². The van der Waals surface area contributed by atoms with Gasteiger partial charge in [0.1, 0.15) is 11.9 Å². The molecule has 0 aliphatic heterocycles. The van der Waals surface area contributed by atoms with E-state index in [0.29, 0.717) is 5.75 Å². The number of nitrogens with one attached hydrogen (secondary N) is 2. The normalized spacial score (nSPS) is 12.2. The lowest BCUT2D eigenvalue weighted by molar-refractivity contribution is -0.137. The highest BCUT2D eigenvalue weighted by molar-refractivity contribution is 5.94. The molecule has 0 radical (unpaired) electrons. The molecule has 6 nitrogen and oxygen atoms in total. The van der Waals surface area contributed by atoms with Gasteiger partial charge >= 0.3 is 6.18 Å². The lowest BCUT2D eigenvalue weighted by Gasteiger charge is -2.14. The number of halogens is 3. The van der Waals surface area contributed by atoms with Gasteiger partial charge in [-0.15, -0.1) is 0 Å². The predicted molar refractivity (Wildman–Crippen MR) is 104 cm³/mol. The number of hydrogen-bond acceptors (Lipinski definition) is 4. The Bertz CT molecular complexity index is 854. The number of amides is 2. The van der Waals surface area contributed by atoms with E-state index in [0.717, 1.165) is 29.8 Å². The third-order valence-electron chi connectivity index (χ3n) is 4.19. The lowest BCUT2D eigenvalue weighted by atomic mass is 10.1. The predicted octanol–water partition coefficient (Wildman–Crippen LogP) is 3.17. The lowest BCUT2D eigenvalue weighted by Crippen LogP contribution is -2.39. The van der Waals surface area contributed by atoms with Gasteiger partial charge in [0.2, 0.25) is 5.91 Å². The first-order valence-electron chi connectivity index (χ1n) is 9.18. The quantitative estimate of drug-likeness (QED) is 0.607. The zero-order chi connectivity index (χ0) is 22.1. The van der Waals surface area contributed by atoms with Crippen molar-refractivity contribution < 1.29 is 32.2 Å². The molecule has 2 N–H and O–H groups in total. The fraction of sp³-hybridized carbons (Fsp3) is 0.333. The standard InChI is InChI=1S/C21H23F3N2O4/c1-14(30-13-15-4-3-5-18(12-15)29-2)19(27)25-10-11-26-20(28)16-6-8-17(9-7-16)21(22,23)24/h3-9,12,14H,10-11,13H2,1-2H3,(H,25,27)(H,26,28)/t14-/m1/s1. The molecule has 0 aromatic heterocycles. The maximum absolute atomic E-state index is 12.5. The highest BCUT2D eigenvalue weighted by Crippen LogP contribution is 2.29. The Morgan fingerprint density at radius 1 is 1.03 bits per heavy atom. The summed E-state index contributed by atoms with van der Waals surface area (Å²) < 4.78 is 48.3. The van der Waals surface area contributed by atoms with Crippen LogP contribution in [0.5, 0.6) is 5.75 Å². The molecule has 0 bridgehead atoms. The molecule has 0 spiro atoms. The van der Waals surface area contributed by atoms with Crippen molar-refractivity contribution >= 4 is 11.8 Å². The Balaban J connectivity index is 1.70. The van der Waals surface area contributed by atoms with Crippen LogP contribution >= 0.6 is 0 Å². The van der Waals surface area contributed by atoms with Crippen molar-refractivity contribution in [3.8, 4) is 5.75 Å². The van der Waals surface area contributed by atoms with Gasteiger partial charge in [-0.2, -0.15) is 13.2 Å². The van der Waals surface area contributed by atoms with Crippen LogP contribution in [0.15, 0.2) is 48.5 Å². The number of alkyl halides is 3. The third-order valence-corrected chi connectivity index (χ3v) is 4.19. The minimum Gasteiger partial charge on any atom is -0.497 e. The molecule has 2 aromatic rings. The highest BCUT2D eigenvalue weighted by Gasteiger charge is 2.30. The van der Waals surface area contributed by atoms with Crippen LogP contribution in [0.4, 0.5) is 13.2 Å². The third kappa shape index (κ3) is 7.07. The van der Waals surface area contributed by atoms with E-state index < -0.39 is 23.8 Å². The Kier molecular flexibility index (Phi) is 8.23. The van der Waals surface area contributed by atoms with Gasteiger partial charge in [-0.05, 0) is 48.9 Å². The van der Waals surface area contributed by atoms with Crippen LogP contribution < -0.4 is 15.4 Å². The van der Waals surface area contributed by atoms with E-state index in [1.807, 2.05) is 12.1 Å². The molecule has 0 saturated heterocycles. The molecule has 30 heavy (non-hydrogen) atoms. The highest BCUT2D eigenvalue weighted by atomic mass is 19.4. The molecular weight excluding hydrogens is 401 g/mol.